The summed E-state index contributed by atoms with van der Waals surface area (Å²) in [5, 5.41) is 4.36. The van der Waals surface area contributed by atoms with E-state index in [9.17, 15) is 18.8 Å². The molecule has 1 aromatic carbocycles. The summed E-state index contributed by atoms with van der Waals surface area (Å²) in [6, 6.07) is 7.91. The van der Waals surface area contributed by atoms with Gasteiger partial charge in [0.2, 0.25) is 11.8 Å². The van der Waals surface area contributed by atoms with E-state index in [-0.39, 0.29) is 13.1 Å². The van der Waals surface area contributed by atoms with Crippen molar-refractivity contribution in [1.82, 2.24) is 10.6 Å². The smallest absolute Gasteiger partial charge is 0.277 e. The van der Waals surface area contributed by atoms with E-state index in [0.717, 1.165) is 6.42 Å². The molecular formula is C16H19FN2O3. The number of amides is 4. The van der Waals surface area contributed by atoms with Gasteiger partial charge >= 0.3 is 6.03 Å². The Bertz CT molecular complexity index is 540. The summed E-state index contributed by atoms with van der Waals surface area (Å²) in [6.45, 7) is -0.362. The average Bonchev–Trinajstić information content (AvgIpc) is 2.50. The van der Waals surface area contributed by atoms with E-state index >= 15 is 0 Å². The molecule has 0 aliphatic carbocycles. The Morgan fingerprint density at radius 3 is 2.05 bits per heavy atom. The highest BCUT2D eigenvalue weighted by Gasteiger charge is 2.50. The third-order valence-corrected chi connectivity index (χ3v) is 3.93. The summed E-state index contributed by atoms with van der Waals surface area (Å²) in [5.74, 6) is -1.20. The van der Waals surface area contributed by atoms with E-state index in [2.05, 4.69) is 10.6 Å². The van der Waals surface area contributed by atoms with E-state index in [0.29, 0.717) is 24.8 Å². The number of hydrogen-bond donors (Lipinski definition) is 2. The average molecular weight is 305 g/mol. The minimum atomic E-state index is -1.40. The largest absolute Gasteiger partial charge is 0.328 e. The van der Waals surface area contributed by atoms with Gasteiger partial charge in [0.15, 0.2) is 5.41 Å². The van der Waals surface area contributed by atoms with Crippen LogP contribution in [0.1, 0.15) is 37.7 Å². The molecule has 1 saturated heterocycles. The zero-order valence-electron chi connectivity index (χ0n) is 12.2. The zero-order valence-corrected chi connectivity index (χ0v) is 12.2. The van der Waals surface area contributed by atoms with Crippen molar-refractivity contribution in [3.8, 4) is 0 Å². The molecule has 0 radical (unpaired) electrons. The molecule has 6 heteroatoms. The molecular weight excluding hydrogens is 286 g/mol. The molecule has 0 unspecified atom stereocenters. The predicted octanol–water partition coefficient (Wildman–Crippen LogP) is 2.21. The Labute approximate surface area is 128 Å². The minimum absolute atomic E-state index is 0.286. The van der Waals surface area contributed by atoms with Crippen LogP contribution in [-0.4, -0.2) is 24.5 Å². The van der Waals surface area contributed by atoms with Crippen LogP contribution in [0.25, 0.3) is 0 Å². The highest BCUT2D eigenvalue weighted by atomic mass is 18.2. The summed E-state index contributed by atoms with van der Waals surface area (Å²) in [6.07, 6.45) is 2.81. The number of benzene rings is 1. The summed E-state index contributed by atoms with van der Waals surface area (Å²) in [5.41, 5.74) is -0.840. The number of urea groups is 1. The van der Waals surface area contributed by atoms with Crippen molar-refractivity contribution >= 4 is 17.8 Å². The first-order valence-corrected chi connectivity index (χ1v) is 7.39. The van der Waals surface area contributed by atoms with Gasteiger partial charge in [-0.05, 0) is 18.4 Å². The summed E-state index contributed by atoms with van der Waals surface area (Å²) in [7, 11) is 0. The zero-order chi connectivity index (χ0) is 16.0. The Morgan fingerprint density at radius 2 is 1.45 bits per heavy atom. The molecule has 2 N–H and O–H groups in total. The van der Waals surface area contributed by atoms with E-state index in [1.54, 1.807) is 30.3 Å². The fourth-order valence-corrected chi connectivity index (χ4v) is 2.75. The van der Waals surface area contributed by atoms with E-state index in [4.69, 9.17) is 0 Å². The highest BCUT2D eigenvalue weighted by molar-refractivity contribution is 6.22. The Balaban J connectivity index is 2.23. The number of imide groups is 2. The van der Waals surface area contributed by atoms with Gasteiger partial charge in [-0.1, -0.05) is 49.6 Å². The Hall–Kier alpha value is -2.24. The number of alkyl halides is 1. The van der Waals surface area contributed by atoms with Crippen LogP contribution in [0.5, 0.6) is 0 Å². The molecule has 1 aromatic rings. The molecule has 1 heterocycles. The molecule has 0 aromatic heterocycles. The van der Waals surface area contributed by atoms with Crippen molar-refractivity contribution in [3.63, 3.8) is 0 Å². The van der Waals surface area contributed by atoms with Crippen molar-refractivity contribution in [2.45, 2.75) is 37.5 Å². The first-order chi connectivity index (χ1) is 10.6. The van der Waals surface area contributed by atoms with Gasteiger partial charge in [0.25, 0.3) is 0 Å². The maximum atomic E-state index is 12.4. The monoisotopic (exact) mass is 305 g/mol. The first kappa shape index (κ1) is 16.1. The second-order valence-corrected chi connectivity index (χ2v) is 5.36. The van der Waals surface area contributed by atoms with Crippen LogP contribution >= 0.6 is 0 Å². The lowest BCUT2D eigenvalue weighted by molar-refractivity contribution is -0.139. The second kappa shape index (κ2) is 7.15. The van der Waals surface area contributed by atoms with E-state index in [1.807, 2.05) is 0 Å². The van der Waals surface area contributed by atoms with Crippen molar-refractivity contribution < 1.29 is 18.8 Å². The van der Waals surface area contributed by atoms with Gasteiger partial charge in [-0.15, -0.1) is 0 Å². The van der Waals surface area contributed by atoms with Crippen molar-refractivity contribution in [3.05, 3.63) is 35.9 Å². The molecule has 118 valence electrons. The van der Waals surface area contributed by atoms with Crippen LogP contribution in [0.15, 0.2) is 30.3 Å². The SMILES string of the molecule is O=C1NC(=O)C(CCCCCC[18F])(c2ccccc2)C(=O)N1. The fraction of sp³-hybridized carbons (Fsp3) is 0.438. The number of carbonyl (C=O) groups is 3. The van der Waals surface area contributed by atoms with Crippen LogP contribution in [0.2, 0.25) is 0 Å². The molecule has 0 bridgehead atoms. The number of barbiturate groups is 1. The summed E-state index contributed by atoms with van der Waals surface area (Å²) in [4.78, 5) is 36.1. The van der Waals surface area contributed by atoms with Crippen LogP contribution in [-0.2, 0) is 15.0 Å². The van der Waals surface area contributed by atoms with Gasteiger partial charge in [-0.2, -0.15) is 0 Å². The molecule has 5 nitrogen and oxygen atoms in total. The lowest BCUT2D eigenvalue weighted by Crippen LogP contribution is -2.64. The number of nitrogens with one attached hydrogen (secondary N) is 2. The topological polar surface area (TPSA) is 75.3 Å². The molecule has 0 saturated carbocycles. The second-order valence-electron chi connectivity index (χ2n) is 5.36. The predicted molar refractivity (Wildman–Crippen MR) is 78.9 cm³/mol. The van der Waals surface area contributed by atoms with Crippen molar-refractivity contribution in [2.75, 3.05) is 6.67 Å². The molecule has 0 spiro atoms. The first-order valence-electron chi connectivity index (χ1n) is 7.39. The molecule has 4 amide bonds. The lowest BCUT2D eigenvalue weighted by Gasteiger charge is -2.34. The summed E-state index contributed by atoms with van der Waals surface area (Å²) >= 11 is 0. The molecule has 0 atom stereocenters. The number of unbranched alkanes of at least 4 members (excludes halogenated alkanes) is 3. The fourth-order valence-electron chi connectivity index (χ4n) is 2.75. The number of carbonyl (C=O) groups excluding carboxylic acids is 3. The highest BCUT2D eigenvalue weighted by Crippen LogP contribution is 2.32. The summed E-state index contributed by atoms with van der Waals surface area (Å²) < 4.78 is 12.1. The van der Waals surface area contributed by atoms with Crippen molar-refractivity contribution in [1.29, 1.82) is 0 Å². The maximum Gasteiger partial charge on any atom is 0.328 e. The van der Waals surface area contributed by atoms with Crippen LogP contribution in [0.3, 0.4) is 0 Å². The lowest BCUT2D eigenvalue weighted by atomic mass is 9.73. The third kappa shape index (κ3) is 3.16. The third-order valence-electron chi connectivity index (χ3n) is 3.93. The molecule has 1 fully saturated rings. The van der Waals surface area contributed by atoms with Gasteiger partial charge in [-0.3, -0.25) is 24.6 Å². The maximum absolute atomic E-state index is 12.4. The molecule has 1 aliphatic heterocycles. The van der Waals surface area contributed by atoms with Crippen molar-refractivity contribution in [2.24, 2.45) is 0 Å². The normalized spacial score (nSPS) is 17.0. The van der Waals surface area contributed by atoms with Crippen LogP contribution < -0.4 is 10.6 Å². The Kier molecular flexibility index (Phi) is 5.25. The molecule has 1 aliphatic rings. The number of hydrogen-bond acceptors (Lipinski definition) is 3. The van der Waals surface area contributed by atoms with Gasteiger partial charge in [0.05, 0.1) is 6.67 Å². The standard InChI is InChI=1S/C16H19FN2O3/c17-11-7-2-1-6-10-16(12-8-4-3-5-9-12)13(20)18-15(22)19-14(16)21/h3-5,8-9H,1-2,6-7,10-11H2,(H2,18,19,20,21,22)/i17-1. The number of halogens is 1. The van der Waals surface area contributed by atoms with Gasteiger partial charge in [0, 0.05) is 0 Å². The number of rotatable bonds is 7. The Morgan fingerprint density at radius 1 is 0.864 bits per heavy atom. The van der Waals surface area contributed by atoms with Gasteiger partial charge in [0.1, 0.15) is 0 Å². The van der Waals surface area contributed by atoms with Crippen LogP contribution in [0.4, 0.5) is 9.18 Å². The van der Waals surface area contributed by atoms with E-state index in [1.165, 1.54) is 0 Å². The quantitative estimate of drug-likeness (QED) is 0.599. The van der Waals surface area contributed by atoms with Gasteiger partial charge in [-0.25, -0.2) is 4.79 Å². The molecule has 22 heavy (non-hydrogen) atoms. The minimum Gasteiger partial charge on any atom is -0.277 e. The van der Waals surface area contributed by atoms with Gasteiger partial charge < -0.3 is 0 Å². The van der Waals surface area contributed by atoms with E-state index < -0.39 is 23.3 Å². The van der Waals surface area contributed by atoms with Crippen LogP contribution in [0, 0.1) is 0 Å². The molecule has 2 rings (SSSR count).